The Labute approximate surface area is 197 Å². The van der Waals surface area contributed by atoms with Crippen molar-refractivity contribution in [3.63, 3.8) is 0 Å². The Morgan fingerprint density at radius 3 is 2.81 bits per heavy atom. The molecule has 32 heavy (non-hydrogen) atoms. The number of carbonyl (C=O) groups is 1. The van der Waals surface area contributed by atoms with Crippen LogP contribution >= 0.6 is 23.8 Å². The number of hydrogen-bond acceptors (Lipinski definition) is 4. The molecule has 9 heteroatoms. The van der Waals surface area contributed by atoms with E-state index >= 15 is 0 Å². The van der Waals surface area contributed by atoms with Gasteiger partial charge in [0, 0.05) is 37.4 Å². The Morgan fingerprint density at radius 2 is 2.12 bits per heavy atom. The molecule has 3 aromatic rings. The molecule has 166 valence electrons. The van der Waals surface area contributed by atoms with E-state index in [9.17, 15) is 4.79 Å². The van der Waals surface area contributed by atoms with Crippen molar-refractivity contribution in [3.8, 4) is 0 Å². The van der Waals surface area contributed by atoms with Gasteiger partial charge < -0.3 is 24.8 Å². The van der Waals surface area contributed by atoms with Gasteiger partial charge in [0.15, 0.2) is 5.11 Å². The van der Waals surface area contributed by atoms with Gasteiger partial charge in [0.05, 0.1) is 22.4 Å². The maximum absolute atomic E-state index is 11.9. The van der Waals surface area contributed by atoms with Gasteiger partial charge in [0.25, 0.3) is 0 Å². The van der Waals surface area contributed by atoms with E-state index in [2.05, 4.69) is 44.3 Å². The lowest BCUT2D eigenvalue weighted by Crippen LogP contribution is -2.30. The van der Waals surface area contributed by atoms with E-state index in [0.717, 1.165) is 23.6 Å². The van der Waals surface area contributed by atoms with Crippen molar-refractivity contribution in [2.45, 2.75) is 25.6 Å². The summed E-state index contributed by atoms with van der Waals surface area (Å²) in [6.45, 7) is 2.90. The summed E-state index contributed by atoms with van der Waals surface area (Å²) in [6.07, 6.45) is 3.85. The van der Waals surface area contributed by atoms with E-state index in [1.54, 1.807) is 12.3 Å². The van der Waals surface area contributed by atoms with Gasteiger partial charge in [-0.15, -0.1) is 0 Å². The summed E-state index contributed by atoms with van der Waals surface area (Å²) in [5, 5.41) is 7.20. The average Bonchev–Trinajstić information content (AvgIpc) is 3.39. The van der Waals surface area contributed by atoms with Crippen LogP contribution in [0.5, 0.6) is 0 Å². The van der Waals surface area contributed by atoms with Gasteiger partial charge in [0.1, 0.15) is 12.6 Å². The minimum Gasteiger partial charge on any atom is -0.375 e. The molecule has 0 radical (unpaired) electrons. The summed E-state index contributed by atoms with van der Waals surface area (Å²) in [5.41, 5.74) is 3.36. The van der Waals surface area contributed by atoms with Crippen LogP contribution in [0.15, 0.2) is 60.9 Å². The molecular formula is C23H24ClN5O2S. The first-order chi connectivity index (χ1) is 15.5. The second-order valence-corrected chi connectivity index (χ2v) is 8.15. The molecule has 1 aliphatic rings. The largest absolute Gasteiger partial charge is 0.375 e. The first-order valence-electron chi connectivity index (χ1n) is 10.3. The molecule has 0 spiro atoms. The molecular weight excluding hydrogens is 446 g/mol. The fraction of sp³-hybridized carbons (Fsp3) is 0.261. The van der Waals surface area contributed by atoms with E-state index in [0.29, 0.717) is 15.8 Å². The van der Waals surface area contributed by atoms with Crippen molar-refractivity contribution in [2.75, 3.05) is 23.9 Å². The monoisotopic (exact) mass is 469 g/mol. The Kier molecular flexibility index (Phi) is 6.74. The molecule has 1 amide bonds. The predicted molar refractivity (Wildman–Crippen MR) is 130 cm³/mol. The number of nitrogens with one attached hydrogen (secondary N) is 2. The van der Waals surface area contributed by atoms with E-state index in [1.165, 1.54) is 7.11 Å². The van der Waals surface area contributed by atoms with E-state index in [-0.39, 0.29) is 24.6 Å². The summed E-state index contributed by atoms with van der Waals surface area (Å²) in [5.74, 6) is -0.269. The number of benzene rings is 1. The highest BCUT2D eigenvalue weighted by molar-refractivity contribution is 7.80. The van der Waals surface area contributed by atoms with Crippen LogP contribution in [0, 0.1) is 0 Å². The van der Waals surface area contributed by atoms with Crippen LogP contribution in [0.25, 0.3) is 0 Å². The molecule has 4 rings (SSSR count). The lowest BCUT2D eigenvalue weighted by molar-refractivity contribution is -0.119. The molecule has 0 bridgehead atoms. The third kappa shape index (κ3) is 4.34. The minimum atomic E-state index is -0.269. The molecule has 7 nitrogen and oxygen atoms in total. The number of aryl methyl sites for hydroxylation is 1. The molecule has 1 aromatic carbocycles. The normalized spacial score (nSPS) is 18.0. The zero-order chi connectivity index (χ0) is 22.7. The zero-order valence-electron chi connectivity index (χ0n) is 17.8. The van der Waals surface area contributed by atoms with Crippen LogP contribution in [-0.4, -0.2) is 34.3 Å². The highest BCUT2D eigenvalue weighted by Crippen LogP contribution is 2.42. The predicted octanol–water partition coefficient (Wildman–Crippen LogP) is 4.32. The number of ether oxygens (including phenoxy) is 1. The topological polar surface area (TPSA) is 71.4 Å². The number of pyridine rings is 1. The Bertz CT molecular complexity index is 1120. The lowest BCUT2D eigenvalue weighted by atomic mass is 10.0. The number of carbonyl (C=O) groups excluding carboxylic acids is 1. The van der Waals surface area contributed by atoms with Crippen LogP contribution in [-0.2, 0) is 16.1 Å². The summed E-state index contributed by atoms with van der Waals surface area (Å²) >= 11 is 12.3. The SMILES string of the molecule is CCn1cccc1[C@@H]1[C@@H](c2ccccn2)NC(=S)N1c1ccc(NC(=O)COC)c(Cl)c1. The minimum absolute atomic E-state index is 0.0416. The van der Waals surface area contributed by atoms with Gasteiger partial charge in [-0.2, -0.15) is 0 Å². The quantitative estimate of drug-likeness (QED) is 0.502. The molecule has 1 fully saturated rings. The lowest BCUT2D eigenvalue weighted by Gasteiger charge is -2.29. The smallest absolute Gasteiger partial charge is 0.250 e. The van der Waals surface area contributed by atoms with Crippen LogP contribution in [0.3, 0.4) is 0 Å². The van der Waals surface area contributed by atoms with E-state index in [4.69, 9.17) is 28.6 Å². The Hall–Kier alpha value is -2.94. The van der Waals surface area contributed by atoms with Crippen LogP contribution in [0.4, 0.5) is 11.4 Å². The maximum Gasteiger partial charge on any atom is 0.250 e. The number of amides is 1. The number of rotatable bonds is 7. The van der Waals surface area contributed by atoms with Gasteiger partial charge in [-0.25, -0.2) is 0 Å². The second kappa shape index (κ2) is 9.68. The molecule has 1 aliphatic heterocycles. The van der Waals surface area contributed by atoms with Crippen LogP contribution < -0.4 is 15.5 Å². The third-order valence-corrected chi connectivity index (χ3v) is 6.01. The van der Waals surface area contributed by atoms with Crippen molar-refractivity contribution in [1.82, 2.24) is 14.9 Å². The zero-order valence-corrected chi connectivity index (χ0v) is 19.4. The number of methoxy groups -OCH3 is 1. The molecule has 2 N–H and O–H groups in total. The van der Waals surface area contributed by atoms with Crippen molar-refractivity contribution >= 4 is 46.2 Å². The van der Waals surface area contributed by atoms with Gasteiger partial charge >= 0.3 is 0 Å². The molecule has 3 heterocycles. The number of halogens is 1. The highest BCUT2D eigenvalue weighted by Gasteiger charge is 2.42. The molecule has 0 unspecified atom stereocenters. The Balaban J connectivity index is 1.74. The number of hydrogen-bond donors (Lipinski definition) is 2. The summed E-state index contributed by atoms with van der Waals surface area (Å²) in [7, 11) is 1.47. The highest BCUT2D eigenvalue weighted by atomic mass is 35.5. The fourth-order valence-corrected chi connectivity index (χ4v) is 4.56. The van der Waals surface area contributed by atoms with Gasteiger partial charge in [0.2, 0.25) is 5.91 Å². The van der Waals surface area contributed by atoms with E-state index in [1.807, 2.05) is 36.4 Å². The number of aromatic nitrogens is 2. The van der Waals surface area contributed by atoms with Crippen molar-refractivity contribution < 1.29 is 9.53 Å². The van der Waals surface area contributed by atoms with Crippen LogP contribution in [0.2, 0.25) is 5.02 Å². The molecule has 0 aliphatic carbocycles. The van der Waals surface area contributed by atoms with E-state index < -0.39 is 0 Å². The fourth-order valence-electron chi connectivity index (χ4n) is 3.99. The first-order valence-corrected chi connectivity index (χ1v) is 11.1. The second-order valence-electron chi connectivity index (χ2n) is 7.36. The number of nitrogens with zero attached hydrogens (tertiary/aromatic N) is 3. The standard InChI is InChI=1S/C23H24ClN5O2S/c1-3-28-12-6-8-19(28)22-21(18-7-4-5-11-25-18)27-23(32)29(22)15-9-10-17(16(24)13-15)26-20(30)14-31-2/h4-13,21-22H,3,14H2,1-2H3,(H,26,30)(H,27,32)/t21-,22-/m1/s1. The molecule has 0 saturated carbocycles. The Morgan fingerprint density at radius 1 is 1.28 bits per heavy atom. The van der Waals surface area contributed by atoms with Gasteiger partial charge in [-0.05, 0) is 61.6 Å². The summed E-state index contributed by atoms with van der Waals surface area (Å²) < 4.78 is 7.07. The average molecular weight is 470 g/mol. The third-order valence-electron chi connectivity index (χ3n) is 5.39. The van der Waals surface area contributed by atoms with Gasteiger partial charge in [-0.3, -0.25) is 9.78 Å². The summed E-state index contributed by atoms with van der Waals surface area (Å²) in [6, 6.07) is 15.2. The molecule has 2 aromatic heterocycles. The molecule has 2 atom stereocenters. The van der Waals surface area contributed by atoms with Crippen molar-refractivity contribution in [2.24, 2.45) is 0 Å². The summed E-state index contributed by atoms with van der Waals surface area (Å²) in [4.78, 5) is 18.5. The number of anilines is 2. The first kappa shape index (κ1) is 22.3. The van der Waals surface area contributed by atoms with Crippen molar-refractivity contribution in [3.05, 3.63) is 77.3 Å². The van der Waals surface area contributed by atoms with Gasteiger partial charge in [-0.1, -0.05) is 17.7 Å². The maximum atomic E-state index is 11.9. The molecule has 1 saturated heterocycles. The number of thiocarbonyl (C=S) groups is 1. The van der Waals surface area contributed by atoms with Crippen molar-refractivity contribution in [1.29, 1.82) is 0 Å². The van der Waals surface area contributed by atoms with Crippen LogP contribution in [0.1, 0.15) is 30.4 Å².